The van der Waals surface area contributed by atoms with E-state index in [0.717, 1.165) is 11.1 Å². The zero-order valence-corrected chi connectivity index (χ0v) is 22.5. The number of Topliss-reactive ketones (excluding diaryl/α,β-unsaturated/α-hetero) is 1. The van der Waals surface area contributed by atoms with Crippen LogP contribution in [-0.4, -0.2) is 34.3 Å². The first-order valence-electron chi connectivity index (χ1n) is 12.5. The van der Waals surface area contributed by atoms with Crippen molar-refractivity contribution in [1.29, 1.82) is 0 Å². The highest BCUT2D eigenvalue weighted by Gasteiger charge is 2.35. The summed E-state index contributed by atoms with van der Waals surface area (Å²) in [7, 11) is -0.844. The molecule has 1 unspecified atom stereocenters. The van der Waals surface area contributed by atoms with E-state index in [2.05, 4.69) is 4.40 Å². The third-order valence-electron chi connectivity index (χ3n) is 6.76. The summed E-state index contributed by atoms with van der Waals surface area (Å²) in [5, 5.41) is 0. The van der Waals surface area contributed by atoms with Gasteiger partial charge in [-0.15, -0.1) is 4.40 Å². The molecule has 0 fully saturated rings. The maximum absolute atomic E-state index is 13.6. The number of methoxy groups -OCH3 is 2. The molecule has 4 aromatic rings. The fourth-order valence-corrected chi connectivity index (χ4v) is 5.83. The number of nitrogens with zero attached hydrogens (tertiary/aromatic N) is 2. The second kappa shape index (κ2) is 11.1. The van der Waals surface area contributed by atoms with E-state index in [-0.39, 0.29) is 17.1 Å². The molecule has 0 bridgehead atoms. The molecule has 5 rings (SSSR count). The molecule has 0 spiro atoms. The number of carbonyl (C=O) groups excluding carboxylic acids is 1. The van der Waals surface area contributed by atoms with Crippen molar-refractivity contribution in [3.05, 3.63) is 120 Å². The van der Waals surface area contributed by atoms with E-state index in [9.17, 15) is 13.2 Å². The monoisotopic (exact) mass is 540 g/mol. The average molecular weight is 541 g/mol. The van der Waals surface area contributed by atoms with E-state index in [1.165, 1.54) is 12.1 Å². The zero-order valence-electron chi connectivity index (χ0n) is 21.7. The van der Waals surface area contributed by atoms with Gasteiger partial charge < -0.3 is 14.4 Å². The SMILES string of the molecule is COc1ccc(C(=O)CC2c3ccccc3C/C(=N\S(=O)(=O)c3ccccc3)N2c2ccc(OC)cc2)cc1. The highest BCUT2D eigenvalue weighted by Crippen LogP contribution is 2.39. The molecule has 0 amide bonds. The minimum absolute atomic E-state index is 0.0804. The molecule has 0 aliphatic carbocycles. The van der Waals surface area contributed by atoms with Gasteiger partial charge in [-0.3, -0.25) is 4.79 Å². The van der Waals surface area contributed by atoms with E-state index in [1.54, 1.807) is 56.7 Å². The number of carbonyl (C=O) groups is 1. The van der Waals surface area contributed by atoms with Crippen molar-refractivity contribution in [2.24, 2.45) is 4.40 Å². The smallest absolute Gasteiger partial charge is 0.283 e. The Hall–Kier alpha value is -4.43. The lowest BCUT2D eigenvalue weighted by Crippen LogP contribution is -2.42. The van der Waals surface area contributed by atoms with Gasteiger partial charge in [0, 0.05) is 24.1 Å². The summed E-state index contributed by atoms with van der Waals surface area (Å²) in [5.41, 5.74) is 3.13. The summed E-state index contributed by atoms with van der Waals surface area (Å²) in [6.45, 7) is 0. The topological polar surface area (TPSA) is 85.3 Å². The summed E-state index contributed by atoms with van der Waals surface area (Å²) in [5.74, 6) is 1.59. The van der Waals surface area contributed by atoms with Crippen LogP contribution in [0, 0.1) is 0 Å². The zero-order chi connectivity index (χ0) is 27.4. The Balaban J connectivity index is 1.64. The van der Waals surface area contributed by atoms with Crippen LogP contribution in [0.15, 0.2) is 112 Å². The molecular weight excluding hydrogens is 512 g/mol. The number of ketones is 1. The number of hydrogen-bond donors (Lipinski definition) is 0. The predicted octanol–water partition coefficient (Wildman–Crippen LogP) is 5.87. The molecule has 1 heterocycles. The molecule has 7 nitrogen and oxygen atoms in total. The molecule has 0 radical (unpaired) electrons. The van der Waals surface area contributed by atoms with Crippen LogP contribution in [0.2, 0.25) is 0 Å². The van der Waals surface area contributed by atoms with Crippen molar-refractivity contribution >= 4 is 27.3 Å². The fraction of sp³-hybridized carbons (Fsp3) is 0.161. The van der Waals surface area contributed by atoms with Crippen molar-refractivity contribution in [3.8, 4) is 11.5 Å². The summed E-state index contributed by atoms with van der Waals surface area (Å²) < 4.78 is 41.7. The Bertz CT molecular complexity index is 1600. The first-order chi connectivity index (χ1) is 18.9. The van der Waals surface area contributed by atoms with Crippen LogP contribution in [0.1, 0.15) is 33.9 Å². The third kappa shape index (κ3) is 5.56. The first kappa shape index (κ1) is 26.2. The average Bonchev–Trinajstić information content (AvgIpc) is 2.97. The van der Waals surface area contributed by atoms with Gasteiger partial charge in [0.25, 0.3) is 10.0 Å². The highest BCUT2D eigenvalue weighted by atomic mass is 32.2. The minimum atomic E-state index is -4.01. The second-order valence-corrected chi connectivity index (χ2v) is 10.7. The third-order valence-corrected chi connectivity index (χ3v) is 8.08. The van der Waals surface area contributed by atoms with Crippen LogP contribution in [0.4, 0.5) is 5.69 Å². The number of benzene rings is 4. The Morgan fingerprint density at radius 3 is 2.05 bits per heavy atom. The summed E-state index contributed by atoms with van der Waals surface area (Å²) in [6, 6.07) is 29.7. The van der Waals surface area contributed by atoms with E-state index >= 15 is 0 Å². The van der Waals surface area contributed by atoms with E-state index in [0.29, 0.717) is 35.0 Å². The molecule has 198 valence electrons. The lowest BCUT2D eigenvalue weighted by molar-refractivity contribution is 0.0974. The Labute approximate surface area is 228 Å². The lowest BCUT2D eigenvalue weighted by Gasteiger charge is -2.39. The minimum Gasteiger partial charge on any atom is -0.497 e. The van der Waals surface area contributed by atoms with E-state index < -0.39 is 16.1 Å². The molecule has 39 heavy (non-hydrogen) atoms. The maximum atomic E-state index is 13.6. The molecule has 8 heteroatoms. The number of hydrogen-bond acceptors (Lipinski definition) is 5. The van der Waals surface area contributed by atoms with E-state index in [1.807, 2.05) is 53.4 Å². The van der Waals surface area contributed by atoms with Crippen LogP contribution in [0.25, 0.3) is 0 Å². The van der Waals surface area contributed by atoms with Crippen molar-refractivity contribution in [2.75, 3.05) is 19.1 Å². The molecule has 0 N–H and O–H groups in total. The van der Waals surface area contributed by atoms with Gasteiger partial charge in [0.15, 0.2) is 5.78 Å². The van der Waals surface area contributed by atoms with Crippen LogP contribution in [0.3, 0.4) is 0 Å². The molecular formula is C31H28N2O5S. The van der Waals surface area contributed by atoms with Gasteiger partial charge in [0.1, 0.15) is 17.3 Å². The largest absolute Gasteiger partial charge is 0.497 e. The number of ether oxygens (including phenoxy) is 2. The quantitative estimate of drug-likeness (QED) is 0.260. The normalized spacial score (nSPS) is 16.0. The van der Waals surface area contributed by atoms with Gasteiger partial charge in [-0.25, -0.2) is 0 Å². The molecule has 0 aromatic heterocycles. The van der Waals surface area contributed by atoms with Gasteiger partial charge in [0.05, 0.1) is 25.2 Å². The van der Waals surface area contributed by atoms with Gasteiger partial charge in [0.2, 0.25) is 0 Å². The number of sulfonamides is 1. The molecule has 1 atom stereocenters. The summed E-state index contributed by atoms with van der Waals surface area (Å²) >= 11 is 0. The highest BCUT2D eigenvalue weighted by molar-refractivity contribution is 7.90. The first-order valence-corrected chi connectivity index (χ1v) is 13.9. The van der Waals surface area contributed by atoms with Crippen molar-refractivity contribution < 1.29 is 22.7 Å². The number of fused-ring (bicyclic) bond motifs is 1. The van der Waals surface area contributed by atoms with Crippen LogP contribution in [0.5, 0.6) is 11.5 Å². The predicted molar refractivity (Wildman–Crippen MR) is 151 cm³/mol. The number of amidine groups is 1. The Morgan fingerprint density at radius 1 is 0.821 bits per heavy atom. The van der Waals surface area contributed by atoms with Gasteiger partial charge in [-0.1, -0.05) is 42.5 Å². The Kier molecular flexibility index (Phi) is 7.47. The molecule has 0 saturated carbocycles. The number of anilines is 1. The molecule has 4 aromatic carbocycles. The maximum Gasteiger partial charge on any atom is 0.283 e. The lowest BCUT2D eigenvalue weighted by atomic mass is 9.87. The summed E-state index contributed by atoms with van der Waals surface area (Å²) in [4.78, 5) is 15.5. The molecule has 0 saturated heterocycles. The molecule has 1 aliphatic heterocycles. The standard InChI is InChI=1S/C31H28N2O5S/c1-37-25-16-12-22(13-17-25)30(34)21-29-28-11-7-6-8-23(28)20-31(32-39(35,36)27-9-4-3-5-10-27)33(29)24-14-18-26(38-2)19-15-24/h3-19,29H,20-21H2,1-2H3/b32-31+. The van der Waals surface area contributed by atoms with Crippen molar-refractivity contribution in [1.82, 2.24) is 0 Å². The van der Waals surface area contributed by atoms with Gasteiger partial charge in [-0.2, -0.15) is 8.42 Å². The fourth-order valence-electron chi connectivity index (χ4n) is 4.80. The van der Waals surface area contributed by atoms with Crippen LogP contribution >= 0.6 is 0 Å². The van der Waals surface area contributed by atoms with Crippen LogP contribution in [-0.2, 0) is 16.4 Å². The van der Waals surface area contributed by atoms with Crippen molar-refractivity contribution in [3.63, 3.8) is 0 Å². The van der Waals surface area contributed by atoms with Gasteiger partial charge >= 0.3 is 0 Å². The summed E-state index contributed by atoms with van der Waals surface area (Å²) in [6.07, 6.45) is 0.404. The Morgan fingerprint density at radius 2 is 1.41 bits per heavy atom. The van der Waals surface area contributed by atoms with Crippen molar-refractivity contribution in [2.45, 2.75) is 23.8 Å². The van der Waals surface area contributed by atoms with Crippen LogP contribution < -0.4 is 14.4 Å². The number of rotatable bonds is 8. The molecule has 1 aliphatic rings. The second-order valence-electron chi connectivity index (χ2n) is 9.11. The van der Waals surface area contributed by atoms with E-state index in [4.69, 9.17) is 9.47 Å². The van der Waals surface area contributed by atoms with Gasteiger partial charge in [-0.05, 0) is 71.8 Å².